The number of nitrogens with one attached hydrogen (secondary N) is 1. The van der Waals surface area contributed by atoms with Crippen molar-refractivity contribution >= 4 is 46.0 Å². The predicted octanol–water partition coefficient (Wildman–Crippen LogP) is 2.73. The molecule has 0 atom stereocenters. The largest absolute Gasteiger partial charge is 0.345 e. The first-order valence-electron chi connectivity index (χ1n) is 9.49. The number of carbonyl (C=O) groups is 2. The molecule has 0 unspecified atom stereocenters. The van der Waals surface area contributed by atoms with Gasteiger partial charge < -0.3 is 4.90 Å². The van der Waals surface area contributed by atoms with Gasteiger partial charge in [-0.1, -0.05) is 29.8 Å². The standard InChI is InChI=1S/C22H14ClN5O2/c23-14-5-2-8-28-15(11-25-20(14)28)16-17(22(30)26-21(16)29)18-13-4-1-3-12-6-9-27(19(12)13)10-7-24-18/h1-5,7-8,10-11H,6,9H2,(H,26,29,30). The highest BCUT2D eigenvalue weighted by Gasteiger charge is 2.38. The van der Waals surface area contributed by atoms with Gasteiger partial charge in [0.1, 0.15) is 0 Å². The van der Waals surface area contributed by atoms with Crippen LogP contribution in [0.25, 0.3) is 11.2 Å². The van der Waals surface area contributed by atoms with Crippen LogP contribution in [0.5, 0.6) is 0 Å². The van der Waals surface area contributed by atoms with E-state index >= 15 is 0 Å². The molecule has 0 fully saturated rings. The van der Waals surface area contributed by atoms with Gasteiger partial charge in [-0.2, -0.15) is 0 Å². The van der Waals surface area contributed by atoms with Crippen molar-refractivity contribution in [3.63, 3.8) is 0 Å². The predicted molar refractivity (Wildman–Crippen MR) is 113 cm³/mol. The minimum absolute atomic E-state index is 0.242. The highest BCUT2D eigenvalue weighted by molar-refractivity contribution is 6.47. The van der Waals surface area contributed by atoms with Crippen molar-refractivity contribution in [2.45, 2.75) is 6.42 Å². The molecule has 0 aliphatic carbocycles. The highest BCUT2D eigenvalue weighted by atomic mass is 35.5. The van der Waals surface area contributed by atoms with E-state index in [2.05, 4.69) is 26.3 Å². The maximum atomic E-state index is 12.9. The number of fused-ring (bicyclic) bond motifs is 1. The number of aliphatic imine (C=N–C) groups is 1. The van der Waals surface area contributed by atoms with Gasteiger partial charge in [-0.25, -0.2) is 4.98 Å². The molecule has 1 N–H and O–H groups in total. The van der Waals surface area contributed by atoms with Crippen molar-refractivity contribution in [2.75, 3.05) is 11.4 Å². The molecule has 5 heterocycles. The molecular formula is C22H14ClN5O2. The van der Waals surface area contributed by atoms with E-state index in [9.17, 15) is 9.59 Å². The SMILES string of the molecule is O=C1NC(=O)C(c2cnc3c(Cl)cccn23)=C1C1=NC=CN2CCc3cccc1c32. The number of amides is 2. The number of nitrogens with zero attached hydrogens (tertiary/aromatic N) is 4. The summed E-state index contributed by atoms with van der Waals surface area (Å²) in [6.45, 7) is 0.856. The lowest BCUT2D eigenvalue weighted by atomic mass is 9.94. The number of pyridine rings is 1. The van der Waals surface area contributed by atoms with Crippen molar-refractivity contribution in [3.8, 4) is 0 Å². The lowest BCUT2D eigenvalue weighted by Gasteiger charge is -2.17. The summed E-state index contributed by atoms with van der Waals surface area (Å²) < 4.78 is 1.71. The molecule has 1 aromatic carbocycles. The monoisotopic (exact) mass is 415 g/mol. The molecule has 6 rings (SSSR count). The fourth-order valence-electron chi connectivity index (χ4n) is 4.37. The second-order valence-corrected chi connectivity index (χ2v) is 7.67. The molecule has 0 radical (unpaired) electrons. The fraction of sp³-hybridized carbons (Fsp3) is 0.0909. The molecule has 7 nitrogen and oxygen atoms in total. The van der Waals surface area contributed by atoms with Gasteiger partial charge >= 0.3 is 0 Å². The molecule has 2 amide bonds. The number of benzene rings is 1. The molecule has 0 spiro atoms. The number of hydrogen-bond acceptors (Lipinski definition) is 5. The summed E-state index contributed by atoms with van der Waals surface area (Å²) in [5.41, 5.74) is 5.03. The maximum Gasteiger partial charge on any atom is 0.261 e. The van der Waals surface area contributed by atoms with Crippen LogP contribution in [0.2, 0.25) is 5.02 Å². The molecular weight excluding hydrogens is 402 g/mol. The summed E-state index contributed by atoms with van der Waals surface area (Å²) in [7, 11) is 0. The maximum absolute atomic E-state index is 12.9. The van der Waals surface area contributed by atoms with Crippen LogP contribution in [0, 0.1) is 0 Å². The molecule has 3 aliphatic heterocycles. The molecule has 30 heavy (non-hydrogen) atoms. The van der Waals surface area contributed by atoms with E-state index in [0.29, 0.717) is 22.1 Å². The number of aromatic nitrogens is 2. The third-order valence-electron chi connectivity index (χ3n) is 5.65. The Balaban J connectivity index is 1.64. The summed E-state index contributed by atoms with van der Waals surface area (Å²) in [4.78, 5) is 36.8. The van der Waals surface area contributed by atoms with Crippen LogP contribution in [-0.4, -0.2) is 33.5 Å². The summed E-state index contributed by atoms with van der Waals surface area (Å²) in [6.07, 6.45) is 7.83. The molecule has 3 aromatic rings. The first-order valence-corrected chi connectivity index (χ1v) is 9.87. The number of halogens is 1. The topological polar surface area (TPSA) is 79.1 Å². The van der Waals surface area contributed by atoms with Gasteiger partial charge in [0, 0.05) is 30.7 Å². The van der Waals surface area contributed by atoms with E-state index < -0.39 is 11.8 Å². The second-order valence-electron chi connectivity index (χ2n) is 7.26. The van der Waals surface area contributed by atoms with Gasteiger partial charge in [0.05, 0.1) is 39.5 Å². The quantitative estimate of drug-likeness (QED) is 0.653. The van der Waals surface area contributed by atoms with Crippen LogP contribution in [0.1, 0.15) is 16.8 Å². The second kappa shape index (κ2) is 6.14. The number of rotatable bonds is 2. The average Bonchev–Trinajstić information content (AvgIpc) is 3.38. The summed E-state index contributed by atoms with van der Waals surface area (Å²) in [5, 5.41) is 2.89. The normalized spacial score (nSPS) is 17.5. The van der Waals surface area contributed by atoms with E-state index in [0.717, 1.165) is 24.2 Å². The van der Waals surface area contributed by atoms with Gasteiger partial charge in [0.2, 0.25) is 0 Å². The zero-order valence-electron chi connectivity index (χ0n) is 15.6. The van der Waals surface area contributed by atoms with E-state index in [1.165, 1.54) is 5.56 Å². The Bertz CT molecular complexity index is 1380. The van der Waals surface area contributed by atoms with Crippen molar-refractivity contribution in [2.24, 2.45) is 4.99 Å². The Hall–Kier alpha value is -3.71. The Labute approximate surface area is 176 Å². The lowest BCUT2D eigenvalue weighted by molar-refractivity contribution is -0.123. The van der Waals surface area contributed by atoms with Crippen LogP contribution in [0.15, 0.2) is 65.7 Å². The molecule has 0 saturated heterocycles. The van der Waals surface area contributed by atoms with Crippen LogP contribution in [-0.2, 0) is 16.0 Å². The van der Waals surface area contributed by atoms with Crippen molar-refractivity contribution in [3.05, 3.63) is 82.5 Å². The van der Waals surface area contributed by atoms with Crippen molar-refractivity contribution in [1.82, 2.24) is 14.7 Å². The van der Waals surface area contributed by atoms with E-state index in [-0.39, 0.29) is 11.1 Å². The molecule has 3 aliphatic rings. The molecule has 0 bridgehead atoms. The molecule has 0 saturated carbocycles. The van der Waals surface area contributed by atoms with Crippen LogP contribution < -0.4 is 10.2 Å². The Morgan fingerprint density at radius 1 is 1.07 bits per heavy atom. The summed E-state index contributed by atoms with van der Waals surface area (Å²) >= 11 is 6.25. The number of para-hydroxylation sites is 1. The Kier molecular flexibility index (Phi) is 3.52. The van der Waals surface area contributed by atoms with E-state index in [1.54, 1.807) is 35.1 Å². The first kappa shape index (κ1) is 17.2. The lowest BCUT2D eigenvalue weighted by Crippen LogP contribution is -2.25. The minimum atomic E-state index is -0.475. The van der Waals surface area contributed by atoms with Crippen LogP contribution in [0.3, 0.4) is 0 Å². The zero-order valence-corrected chi connectivity index (χ0v) is 16.3. The first-order chi connectivity index (χ1) is 14.6. The Morgan fingerprint density at radius 3 is 2.83 bits per heavy atom. The van der Waals surface area contributed by atoms with Gasteiger partial charge in [0.15, 0.2) is 5.65 Å². The zero-order chi connectivity index (χ0) is 20.4. The third kappa shape index (κ3) is 2.26. The van der Waals surface area contributed by atoms with Gasteiger partial charge in [-0.15, -0.1) is 0 Å². The molecule has 146 valence electrons. The average molecular weight is 416 g/mol. The minimum Gasteiger partial charge on any atom is -0.345 e. The van der Waals surface area contributed by atoms with Crippen LogP contribution >= 0.6 is 11.6 Å². The smallest absolute Gasteiger partial charge is 0.261 e. The van der Waals surface area contributed by atoms with Crippen molar-refractivity contribution in [1.29, 1.82) is 0 Å². The number of carbonyl (C=O) groups excluding carboxylic acids is 2. The number of anilines is 1. The van der Waals surface area contributed by atoms with Gasteiger partial charge in [-0.3, -0.25) is 24.3 Å². The third-order valence-corrected chi connectivity index (χ3v) is 5.94. The summed E-state index contributed by atoms with van der Waals surface area (Å²) in [6, 6.07) is 9.47. The molecule has 8 heteroatoms. The van der Waals surface area contributed by atoms with Crippen LogP contribution in [0.4, 0.5) is 5.69 Å². The molecule has 2 aromatic heterocycles. The van der Waals surface area contributed by atoms with Gasteiger partial charge in [0.25, 0.3) is 11.8 Å². The number of hydrogen-bond donors (Lipinski definition) is 1. The number of imide groups is 1. The Morgan fingerprint density at radius 2 is 1.93 bits per heavy atom. The number of imidazole rings is 1. The highest BCUT2D eigenvalue weighted by Crippen LogP contribution is 2.37. The fourth-order valence-corrected chi connectivity index (χ4v) is 4.58. The van der Waals surface area contributed by atoms with Crippen molar-refractivity contribution < 1.29 is 9.59 Å². The summed E-state index contributed by atoms with van der Waals surface area (Å²) in [5.74, 6) is -0.944. The van der Waals surface area contributed by atoms with E-state index in [4.69, 9.17) is 11.6 Å². The van der Waals surface area contributed by atoms with Gasteiger partial charge in [-0.05, 0) is 24.1 Å². The van der Waals surface area contributed by atoms with E-state index in [1.807, 2.05) is 18.3 Å².